The van der Waals surface area contributed by atoms with Crippen LogP contribution >= 0.6 is 0 Å². The Hall–Kier alpha value is -3.24. The van der Waals surface area contributed by atoms with Gasteiger partial charge in [-0.2, -0.15) is 0 Å². The molecule has 2 atom stereocenters. The van der Waals surface area contributed by atoms with Crippen LogP contribution in [0.25, 0.3) is 0 Å². The number of ether oxygens (including phenoxy) is 1. The third-order valence-electron chi connectivity index (χ3n) is 8.59. The predicted molar refractivity (Wildman–Crippen MR) is 159 cm³/mol. The van der Waals surface area contributed by atoms with Crippen molar-refractivity contribution < 1.29 is 4.74 Å². The van der Waals surface area contributed by atoms with E-state index in [2.05, 4.69) is 131 Å². The van der Waals surface area contributed by atoms with Crippen LogP contribution in [0.3, 0.4) is 0 Å². The molecular weight excluding hydrogens is 476 g/mol. The quantitative estimate of drug-likeness (QED) is 0.219. The molecule has 2 aliphatic heterocycles. The van der Waals surface area contributed by atoms with Gasteiger partial charge in [-0.05, 0) is 47.9 Å². The molecule has 2 fully saturated rings. The molecule has 2 saturated heterocycles. The van der Waals surface area contributed by atoms with Crippen molar-refractivity contribution in [2.45, 2.75) is 50.0 Å². The molecule has 0 aromatic heterocycles. The Kier molecular flexibility index (Phi) is 7.92. The van der Waals surface area contributed by atoms with Crippen molar-refractivity contribution in [3.05, 3.63) is 144 Å². The van der Waals surface area contributed by atoms with Gasteiger partial charge < -0.3 is 4.74 Å². The Morgan fingerprint density at radius 1 is 0.436 bits per heavy atom. The van der Waals surface area contributed by atoms with E-state index in [0.29, 0.717) is 0 Å². The monoisotopic (exact) mass is 516 g/mol. The maximum absolute atomic E-state index is 8.03. The summed E-state index contributed by atoms with van der Waals surface area (Å²) in [6.07, 6.45) is 6.41. The number of benzene rings is 4. The van der Waals surface area contributed by atoms with Crippen LogP contribution < -0.4 is 0 Å². The zero-order valence-electron chi connectivity index (χ0n) is 22.9. The van der Waals surface area contributed by atoms with Crippen LogP contribution in [-0.2, 0) is 29.0 Å². The highest BCUT2D eigenvalue weighted by Crippen LogP contribution is 2.47. The summed E-state index contributed by atoms with van der Waals surface area (Å²) in [4.78, 5) is 5.27. The SMILES string of the molecule is c1ccc(CC(OC(Cc2ccccc2)(c2ccccc2)N2CCCC2)(c2ccccc2)N2CCCC2)cc1. The summed E-state index contributed by atoms with van der Waals surface area (Å²) in [5.41, 5.74) is 3.87. The smallest absolute Gasteiger partial charge is 0.154 e. The number of likely N-dealkylation sites (tertiary alicyclic amines) is 2. The Morgan fingerprint density at radius 3 is 1.08 bits per heavy atom. The largest absolute Gasteiger partial charge is 0.330 e. The first-order valence-electron chi connectivity index (χ1n) is 14.7. The van der Waals surface area contributed by atoms with Crippen molar-refractivity contribution in [1.82, 2.24) is 9.80 Å². The van der Waals surface area contributed by atoms with Gasteiger partial charge in [0.25, 0.3) is 0 Å². The van der Waals surface area contributed by atoms with E-state index in [1.807, 2.05) is 0 Å². The predicted octanol–water partition coefficient (Wildman–Crippen LogP) is 7.39. The maximum atomic E-state index is 8.03. The molecule has 6 rings (SSSR count). The molecule has 0 bridgehead atoms. The van der Waals surface area contributed by atoms with Gasteiger partial charge in [-0.3, -0.25) is 9.80 Å². The van der Waals surface area contributed by atoms with Crippen molar-refractivity contribution in [2.75, 3.05) is 26.2 Å². The summed E-state index contributed by atoms with van der Waals surface area (Å²) in [7, 11) is 0. The highest BCUT2D eigenvalue weighted by atomic mass is 16.6. The van der Waals surface area contributed by atoms with Crippen molar-refractivity contribution in [3.63, 3.8) is 0 Å². The fraction of sp³-hybridized carbons (Fsp3) is 0.333. The third-order valence-corrected chi connectivity index (χ3v) is 8.59. The molecule has 0 saturated carbocycles. The van der Waals surface area contributed by atoms with Crippen LogP contribution in [0, 0.1) is 0 Å². The lowest BCUT2D eigenvalue weighted by atomic mass is 9.88. The van der Waals surface area contributed by atoms with Crippen LogP contribution in [0.1, 0.15) is 47.9 Å². The van der Waals surface area contributed by atoms with Crippen LogP contribution in [0.5, 0.6) is 0 Å². The van der Waals surface area contributed by atoms with E-state index in [4.69, 9.17) is 4.74 Å². The van der Waals surface area contributed by atoms with E-state index in [1.54, 1.807) is 0 Å². The lowest BCUT2D eigenvalue weighted by Gasteiger charge is -2.52. The van der Waals surface area contributed by atoms with Crippen LogP contribution in [0.2, 0.25) is 0 Å². The average Bonchev–Trinajstić information content (AvgIpc) is 3.75. The summed E-state index contributed by atoms with van der Waals surface area (Å²) >= 11 is 0. The number of hydrogen-bond acceptors (Lipinski definition) is 3. The van der Waals surface area contributed by atoms with Crippen molar-refractivity contribution >= 4 is 0 Å². The summed E-state index contributed by atoms with van der Waals surface area (Å²) in [6.45, 7) is 4.16. The average molecular weight is 517 g/mol. The van der Waals surface area contributed by atoms with E-state index < -0.39 is 11.4 Å². The molecule has 0 radical (unpaired) electrons. The van der Waals surface area contributed by atoms with Gasteiger partial charge in [-0.15, -0.1) is 0 Å². The van der Waals surface area contributed by atoms with Crippen LogP contribution in [0.4, 0.5) is 0 Å². The first kappa shape index (κ1) is 26.0. The Bertz CT molecular complexity index is 1180. The highest BCUT2D eigenvalue weighted by Gasteiger charge is 2.51. The van der Waals surface area contributed by atoms with Crippen molar-refractivity contribution in [1.29, 1.82) is 0 Å². The molecule has 2 heterocycles. The summed E-state index contributed by atoms with van der Waals surface area (Å²) in [6, 6.07) is 43.9. The molecule has 200 valence electrons. The summed E-state index contributed by atoms with van der Waals surface area (Å²) < 4.78 is 8.03. The van der Waals surface area contributed by atoms with Gasteiger partial charge in [-0.25, -0.2) is 0 Å². The fourth-order valence-electron chi connectivity index (χ4n) is 6.69. The minimum absolute atomic E-state index is 0.605. The fourth-order valence-corrected chi connectivity index (χ4v) is 6.69. The van der Waals surface area contributed by atoms with Gasteiger partial charge in [0.15, 0.2) is 11.4 Å². The lowest BCUT2D eigenvalue weighted by Crippen LogP contribution is -2.59. The first-order valence-corrected chi connectivity index (χ1v) is 14.7. The maximum Gasteiger partial charge on any atom is 0.154 e. The topological polar surface area (TPSA) is 15.7 Å². The molecule has 0 spiro atoms. The third kappa shape index (κ3) is 5.45. The van der Waals surface area contributed by atoms with Gasteiger partial charge in [-0.1, -0.05) is 121 Å². The Balaban J connectivity index is 1.57. The molecular formula is C36H40N2O. The lowest BCUT2D eigenvalue weighted by molar-refractivity contribution is -0.286. The minimum atomic E-state index is -0.605. The number of hydrogen-bond donors (Lipinski definition) is 0. The molecule has 0 aliphatic carbocycles. The zero-order valence-corrected chi connectivity index (χ0v) is 22.9. The second-order valence-corrected chi connectivity index (χ2v) is 11.1. The molecule has 2 aliphatic rings. The molecule has 0 amide bonds. The van der Waals surface area contributed by atoms with E-state index in [-0.39, 0.29) is 0 Å². The normalized spacial score (nSPS) is 19.5. The van der Waals surface area contributed by atoms with E-state index >= 15 is 0 Å². The summed E-state index contributed by atoms with van der Waals surface area (Å²) in [5.74, 6) is 0. The van der Waals surface area contributed by atoms with Gasteiger partial charge >= 0.3 is 0 Å². The molecule has 3 nitrogen and oxygen atoms in total. The zero-order chi connectivity index (χ0) is 26.4. The molecule has 39 heavy (non-hydrogen) atoms. The van der Waals surface area contributed by atoms with E-state index in [1.165, 1.54) is 47.9 Å². The van der Waals surface area contributed by atoms with Crippen molar-refractivity contribution in [2.24, 2.45) is 0 Å². The molecule has 2 unspecified atom stereocenters. The minimum Gasteiger partial charge on any atom is -0.330 e. The Labute approximate surface area is 234 Å². The second-order valence-electron chi connectivity index (χ2n) is 11.1. The number of rotatable bonds is 10. The Morgan fingerprint density at radius 2 is 0.744 bits per heavy atom. The van der Waals surface area contributed by atoms with Gasteiger partial charge in [0.1, 0.15) is 0 Å². The number of nitrogens with zero attached hydrogens (tertiary/aromatic N) is 2. The van der Waals surface area contributed by atoms with Crippen molar-refractivity contribution in [3.8, 4) is 0 Å². The standard InChI is InChI=1S/C36H40N2O/c1-5-17-31(18-6-1)29-35(37-25-13-14-26-37,33-21-9-3-10-22-33)39-36(38-27-15-16-28-38,34-23-11-4-12-24-34)30-32-19-7-2-8-20-32/h1-12,17-24H,13-16,25-30H2. The second kappa shape index (κ2) is 11.9. The molecule has 3 heteroatoms. The van der Waals surface area contributed by atoms with Crippen LogP contribution in [0.15, 0.2) is 121 Å². The molecule has 4 aromatic rings. The highest BCUT2D eigenvalue weighted by molar-refractivity contribution is 5.31. The first-order chi connectivity index (χ1) is 19.3. The van der Waals surface area contributed by atoms with Crippen LogP contribution in [-0.4, -0.2) is 36.0 Å². The molecule has 4 aromatic carbocycles. The van der Waals surface area contributed by atoms with Gasteiger partial charge in [0, 0.05) is 39.0 Å². The molecule has 0 N–H and O–H groups in total. The van der Waals surface area contributed by atoms with E-state index in [9.17, 15) is 0 Å². The summed E-state index contributed by atoms with van der Waals surface area (Å²) in [5, 5.41) is 0. The van der Waals surface area contributed by atoms with Gasteiger partial charge in [0.2, 0.25) is 0 Å². The van der Waals surface area contributed by atoms with Gasteiger partial charge in [0.05, 0.1) is 0 Å². The van der Waals surface area contributed by atoms with E-state index in [0.717, 1.165) is 39.0 Å².